The molecule has 0 bridgehead atoms. The highest BCUT2D eigenvalue weighted by atomic mass is 19.4. The summed E-state index contributed by atoms with van der Waals surface area (Å²) in [5, 5.41) is 2.62. The third kappa shape index (κ3) is 5.95. The molecule has 1 unspecified atom stereocenters. The van der Waals surface area contributed by atoms with Crippen molar-refractivity contribution in [1.29, 1.82) is 0 Å². The minimum Gasteiger partial charge on any atom is -0.336 e. The van der Waals surface area contributed by atoms with Crippen LogP contribution in [0.2, 0.25) is 0 Å². The van der Waals surface area contributed by atoms with Crippen LogP contribution in [0.25, 0.3) is 0 Å². The molecule has 0 aromatic heterocycles. The second-order valence-corrected chi connectivity index (χ2v) is 8.60. The zero-order valence-corrected chi connectivity index (χ0v) is 17.3. The number of carbonyl (C=O) groups excluding carboxylic acids is 2. The third-order valence-electron chi connectivity index (χ3n) is 6.04. The summed E-state index contributed by atoms with van der Waals surface area (Å²) in [6.07, 6.45) is 0.755. The number of likely N-dealkylation sites (N-methyl/N-ethyl adjacent to an activating group) is 1. The maximum Gasteiger partial charge on any atom is 0.406 e. The Morgan fingerprint density at radius 1 is 1.17 bits per heavy atom. The fraction of sp³-hybridized carbons (Fsp3) is 0.636. The number of halogens is 4. The number of rotatable bonds is 9. The van der Waals surface area contributed by atoms with Gasteiger partial charge in [0.25, 0.3) is 0 Å². The van der Waals surface area contributed by atoms with E-state index in [-0.39, 0.29) is 18.0 Å². The Balaban J connectivity index is 1.64. The highest BCUT2D eigenvalue weighted by molar-refractivity contribution is 5.91. The predicted octanol–water partition coefficient (Wildman–Crippen LogP) is 5.10. The molecule has 4 nitrogen and oxygen atoms in total. The molecule has 1 atom stereocenters. The highest BCUT2D eigenvalue weighted by Crippen LogP contribution is 2.50. The van der Waals surface area contributed by atoms with Gasteiger partial charge in [-0.05, 0) is 67.6 Å². The van der Waals surface area contributed by atoms with Gasteiger partial charge >= 0.3 is 6.18 Å². The first kappa shape index (κ1) is 22.6. The molecule has 1 aromatic rings. The van der Waals surface area contributed by atoms with Gasteiger partial charge in [0.15, 0.2) is 0 Å². The molecule has 8 heteroatoms. The van der Waals surface area contributed by atoms with Crippen molar-refractivity contribution >= 4 is 17.5 Å². The number of benzene rings is 1. The van der Waals surface area contributed by atoms with E-state index in [1.807, 2.05) is 0 Å². The average molecular weight is 428 g/mol. The van der Waals surface area contributed by atoms with E-state index < -0.39 is 30.4 Å². The molecule has 0 spiro atoms. The van der Waals surface area contributed by atoms with Gasteiger partial charge in [0.05, 0.1) is 11.6 Å². The molecular formula is C22H28F4N2O2. The first-order chi connectivity index (χ1) is 14.1. The number of anilines is 1. The van der Waals surface area contributed by atoms with Crippen molar-refractivity contribution < 1.29 is 27.2 Å². The molecular weight excluding hydrogens is 400 g/mol. The topological polar surface area (TPSA) is 49.4 Å². The van der Waals surface area contributed by atoms with Crippen LogP contribution in [-0.2, 0) is 9.59 Å². The Hall–Kier alpha value is -2.12. The summed E-state index contributed by atoms with van der Waals surface area (Å²) in [5.41, 5.74) is 0.320. The van der Waals surface area contributed by atoms with Gasteiger partial charge < -0.3 is 10.2 Å². The summed E-state index contributed by atoms with van der Waals surface area (Å²) in [4.78, 5) is 25.4. The summed E-state index contributed by atoms with van der Waals surface area (Å²) < 4.78 is 52.3. The molecule has 2 aliphatic rings. The van der Waals surface area contributed by atoms with E-state index in [2.05, 4.69) is 5.32 Å². The number of carbonyl (C=O) groups is 2. The van der Waals surface area contributed by atoms with Crippen LogP contribution in [-0.4, -0.2) is 36.5 Å². The van der Waals surface area contributed by atoms with E-state index in [0.29, 0.717) is 34.6 Å². The van der Waals surface area contributed by atoms with E-state index in [1.54, 1.807) is 6.92 Å². The van der Waals surface area contributed by atoms with Gasteiger partial charge in [-0.15, -0.1) is 0 Å². The lowest BCUT2D eigenvalue weighted by Gasteiger charge is -2.24. The van der Waals surface area contributed by atoms with Crippen LogP contribution in [0.1, 0.15) is 56.9 Å². The zero-order valence-electron chi connectivity index (χ0n) is 17.3. The fourth-order valence-electron chi connectivity index (χ4n) is 4.20. The zero-order chi connectivity index (χ0) is 22.1. The average Bonchev–Trinajstić information content (AvgIpc) is 3.54. The number of nitrogens with one attached hydrogen (secondary N) is 1. The third-order valence-corrected chi connectivity index (χ3v) is 6.04. The van der Waals surface area contributed by atoms with Crippen molar-refractivity contribution in [2.45, 2.75) is 57.5 Å². The monoisotopic (exact) mass is 428 g/mol. The van der Waals surface area contributed by atoms with E-state index >= 15 is 0 Å². The molecule has 166 valence electrons. The molecule has 0 heterocycles. The predicted molar refractivity (Wildman–Crippen MR) is 105 cm³/mol. The van der Waals surface area contributed by atoms with Crippen LogP contribution in [0.5, 0.6) is 0 Å². The molecule has 0 aliphatic heterocycles. The summed E-state index contributed by atoms with van der Waals surface area (Å²) in [7, 11) is 1.08. The smallest absolute Gasteiger partial charge is 0.336 e. The number of hydrogen-bond donors (Lipinski definition) is 1. The number of nitrogens with zero attached hydrogens (tertiary/aromatic N) is 1. The van der Waals surface area contributed by atoms with Crippen molar-refractivity contribution in [3.05, 3.63) is 29.6 Å². The molecule has 1 N–H and O–H groups in total. The molecule has 30 heavy (non-hydrogen) atoms. The summed E-state index contributed by atoms with van der Waals surface area (Å²) >= 11 is 0. The molecule has 2 fully saturated rings. The Bertz CT molecular complexity index is 776. The van der Waals surface area contributed by atoms with E-state index in [4.69, 9.17) is 0 Å². The van der Waals surface area contributed by atoms with Gasteiger partial charge in [-0.25, -0.2) is 4.39 Å². The molecule has 0 radical (unpaired) electrons. The summed E-state index contributed by atoms with van der Waals surface area (Å²) in [6, 6.07) is 4.00. The number of hydrogen-bond acceptors (Lipinski definition) is 2. The second-order valence-electron chi connectivity index (χ2n) is 8.60. The summed E-state index contributed by atoms with van der Waals surface area (Å²) in [5.74, 6) is -0.925. The van der Waals surface area contributed by atoms with Gasteiger partial charge in [-0.2, -0.15) is 13.2 Å². The quantitative estimate of drug-likeness (QED) is 0.556. The molecule has 3 rings (SSSR count). The van der Waals surface area contributed by atoms with E-state index in [9.17, 15) is 27.2 Å². The number of amides is 2. The fourth-order valence-corrected chi connectivity index (χ4v) is 4.20. The Labute approximate surface area is 174 Å². The van der Waals surface area contributed by atoms with Gasteiger partial charge in [-0.3, -0.25) is 9.59 Å². The first-order valence-corrected chi connectivity index (χ1v) is 10.5. The van der Waals surface area contributed by atoms with Crippen molar-refractivity contribution in [3.63, 3.8) is 0 Å². The van der Waals surface area contributed by atoms with Gasteiger partial charge in [0, 0.05) is 13.5 Å². The van der Waals surface area contributed by atoms with E-state index in [0.717, 1.165) is 38.8 Å². The van der Waals surface area contributed by atoms with Crippen LogP contribution in [0, 0.1) is 23.6 Å². The SMILES string of the molecule is CCC(C(=O)N(C)CC(F)(F)F)c1ccc(NC(=O)CC(C2CC2)C2CC2)c(F)c1. The van der Waals surface area contributed by atoms with Crippen molar-refractivity contribution in [1.82, 2.24) is 4.90 Å². The molecule has 2 amide bonds. The second kappa shape index (κ2) is 8.94. The van der Waals surface area contributed by atoms with Crippen molar-refractivity contribution in [2.75, 3.05) is 18.9 Å². The van der Waals surface area contributed by atoms with E-state index in [1.165, 1.54) is 12.1 Å². The van der Waals surface area contributed by atoms with Crippen LogP contribution >= 0.6 is 0 Å². The summed E-state index contributed by atoms with van der Waals surface area (Å²) in [6.45, 7) is 0.301. The lowest BCUT2D eigenvalue weighted by atomic mass is 9.93. The highest BCUT2D eigenvalue weighted by Gasteiger charge is 2.42. The van der Waals surface area contributed by atoms with Crippen molar-refractivity contribution in [3.8, 4) is 0 Å². The van der Waals surface area contributed by atoms with Gasteiger partial charge in [-0.1, -0.05) is 13.0 Å². The van der Waals surface area contributed by atoms with Gasteiger partial charge in [0.1, 0.15) is 12.4 Å². The molecule has 1 aromatic carbocycles. The normalized spacial score (nSPS) is 17.7. The van der Waals surface area contributed by atoms with Crippen LogP contribution in [0.4, 0.5) is 23.2 Å². The van der Waals surface area contributed by atoms with Crippen molar-refractivity contribution in [2.24, 2.45) is 17.8 Å². The minimum atomic E-state index is -4.50. The molecule has 2 saturated carbocycles. The maximum atomic E-state index is 14.6. The van der Waals surface area contributed by atoms with Crippen LogP contribution < -0.4 is 5.32 Å². The molecule has 0 saturated heterocycles. The van der Waals surface area contributed by atoms with Crippen LogP contribution in [0.15, 0.2) is 18.2 Å². The first-order valence-electron chi connectivity index (χ1n) is 10.5. The lowest BCUT2D eigenvalue weighted by Crippen LogP contribution is -2.38. The number of alkyl halides is 3. The minimum absolute atomic E-state index is 0.0278. The molecule has 2 aliphatic carbocycles. The standard InChI is InChI=1S/C22H28F4N2O2/c1-3-16(21(30)28(2)12-22(24,25)26)15-8-9-19(18(23)10-15)27-20(29)11-17(13-4-5-13)14-6-7-14/h8-10,13-14,16-17H,3-7,11-12H2,1-2H3,(H,27,29). The maximum absolute atomic E-state index is 14.6. The largest absolute Gasteiger partial charge is 0.406 e. The van der Waals surface area contributed by atoms with Crippen LogP contribution in [0.3, 0.4) is 0 Å². The van der Waals surface area contributed by atoms with Gasteiger partial charge in [0.2, 0.25) is 11.8 Å². The Morgan fingerprint density at radius 2 is 1.77 bits per heavy atom. The Morgan fingerprint density at radius 3 is 2.23 bits per heavy atom. The Kier molecular flexibility index (Phi) is 6.72. The lowest BCUT2D eigenvalue weighted by molar-refractivity contribution is -0.159.